The number of benzene rings is 1. The molecule has 0 amide bonds. The lowest BCUT2D eigenvalue weighted by atomic mass is 10.2. The van der Waals surface area contributed by atoms with Gasteiger partial charge >= 0.3 is 0 Å². The van der Waals surface area contributed by atoms with Crippen LogP contribution in [0.15, 0.2) is 24.4 Å². The largest absolute Gasteiger partial charge is 0.315 e. The molecule has 78 valence electrons. The van der Waals surface area contributed by atoms with Crippen LogP contribution in [0.2, 0.25) is 0 Å². The van der Waals surface area contributed by atoms with E-state index < -0.39 is 0 Å². The fraction of sp³-hybridized carbons (Fsp3) is 0.417. The number of aromatic nitrogens is 2. The average Bonchev–Trinajstić information content (AvgIpc) is 2.82. The molecule has 1 fully saturated rings. The number of aryl methyl sites for hydroxylation is 1. The third kappa shape index (κ3) is 1.43. The van der Waals surface area contributed by atoms with Gasteiger partial charge in [0.1, 0.15) is 0 Å². The molecular weight excluding hydrogens is 186 g/mol. The predicted octanol–water partition coefficient (Wildman–Crippen LogP) is 1.88. The number of nitrogens with zero attached hydrogens (tertiary/aromatic N) is 2. The summed E-state index contributed by atoms with van der Waals surface area (Å²) in [5, 5.41) is 9.12. The molecule has 0 spiro atoms. The van der Waals surface area contributed by atoms with Gasteiger partial charge in [0.05, 0.1) is 17.8 Å². The maximum absolute atomic E-state index is 4.50. The molecule has 2 aromatic rings. The van der Waals surface area contributed by atoms with E-state index in [2.05, 4.69) is 40.2 Å². The van der Waals surface area contributed by atoms with Gasteiger partial charge < -0.3 is 5.32 Å². The Hall–Kier alpha value is -1.35. The van der Waals surface area contributed by atoms with Crippen LogP contribution in [0.3, 0.4) is 0 Å². The van der Waals surface area contributed by atoms with Gasteiger partial charge in [0.25, 0.3) is 0 Å². The lowest BCUT2D eigenvalue weighted by molar-refractivity contribution is 0.506. The van der Waals surface area contributed by atoms with E-state index in [-0.39, 0.29) is 0 Å². The van der Waals surface area contributed by atoms with Crippen LogP contribution in [-0.4, -0.2) is 22.9 Å². The molecule has 1 N–H and O–H groups in total. The molecule has 1 saturated heterocycles. The number of hydrogen-bond acceptors (Lipinski definition) is 2. The summed E-state index contributed by atoms with van der Waals surface area (Å²) in [6.45, 7) is 4.27. The summed E-state index contributed by atoms with van der Waals surface area (Å²) < 4.78 is 2.16. The lowest BCUT2D eigenvalue weighted by Gasteiger charge is -2.10. The highest BCUT2D eigenvalue weighted by Gasteiger charge is 2.18. The van der Waals surface area contributed by atoms with Crippen molar-refractivity contribution in [2.45, 2.75) is 19.4 Å². The predicted molar refractivity (Wildman–Crippen MR) is 61.0 cm³/mol. The van der Waals surface area contributed by atoms with Gasteiger partial charge in [-0.3, -0.25) is 4.68 Å². The van der Waals surface area contributed by atoms with E-state index in [4.69, 9.17) is 0 Å². The summed E-state index contributed by atoms with van der Waals surface area (Å²) in [5.74, 6) is 0. The summed E-state index contributed by atoms with van der Waals surface area (Å²) >= 11 is 0. The maximum Gasteiger partial charge on any atom is 0.0686 e. The minimum absolute atomic E-state index is 0.533. The molecule has 2 heterocycles. The molecule has 1 aromatic carbocycles. The van der Waals surface area contributed by atoms with Crippen molar-refractivity contribution in [3.8, 4) is 0 Å². The van der Waals surface area contributed by atoms with Crippen LogP contribution in [0, 0.1) is 6.92 Å². The minimum Gasteiger partial charge on any atom is -0.315 e. The van der Waals surface area contributed by atoms with Crippen LogP contribution >= 0.6 is 0 Å². The topological polar surface area (TPSA) is 29.9 Å². The van der Waals surface area contributed by atoms with E-state index in [0.717, 1.165) is 13.1 Å². The van der Waals surface area contributed by atoms with Crippen molar-refractivity contribution in [1.29, 1.82) is 0 Å². The zero-order valence-corrected chi connectivity index (χ0v) is 8.90. The van der Waals surface area contributed by atoms with Gasteiger partial charge in [0, 0.05) is 11.9 Å². The SMILES string of the molecule is Cc1ccc2c(cnn2C2CCNC2)c1. The molecule has 3 nitrogen and oxygen atoms in total. The van der Waals surface area contributed by atoms with Gasteiger partial charge in [-0.1, -0.05) is 11.6 Å². The minimum atomic E-state index is 0.533. The fourth-order valence-corrected chi connectivity index (χ4v) is 2.31. The number of nitrogens with one attached hydrogen (secondary N) is 1. The van der Waals surface area contributed by atoms with Gasteiger partial charge in [0.15, 0.2) is 0 Å². The van der Waals surface area contributed by atoms with E-state index in [1.54, 1.807) is 0 Å². The molecular formula is C12H15N3. The van der Waals surface area contributed by atoms with Crippen LogP contribution < -0.4 is 5.32 Å². The molecule has 0 radical (unpaired) electrons. The molecule has 1 aliphatic rings. The van der Waals surface area contributed by atoms with Crippen molar-refractivity contribution in [2.75, 3.05) is 13.1 Å². The van der Waals surface area contributed by atoms with Gasteiger partial charge in [-0.2, -0.15) is 5.10 Å². The van der Waals surface area contributed by atoms with Gasteiger partial charge in [-0.25, -0.2) is 0 Å². The number of rotatable bonds is 1. The Bertz CT molecular complexity index is 481. The number of fused-ring (bicyclic) bond motifs is 1. The van der Waals surface area contributed by atoms with Crippen LogP contribution in [-0.2, 0) is 0 Å². The molecule has 1 aromatic heterocycles. The maximum atomic E-state index is 4.50. The molecule has 1 atom stereocenters. The van der Waals surface area contributed by atoms with Crippen molar-refractivity contribution in [3.05, 3.63) is 30.0 Å². The molecule has 3 rings (SSSR count). The highest BCUT2D eigenvalue weighted by molar-refractivity contribution is 5.79. The van der Waals surface area contributed by atoms with Gasteiger partial charge in [0.2, 0.25) is 0 Å². The molecule has 0 saturated carbocycles. The average molecular weight is 201 g/mol. The third-order valence-electron chi connectivity index (χ3n) is 3.13. The summed E-state index contributed by atoms with van der Waals surface area (Å²) in [6, 6.07) is 7.06. The van der Waals surface area contributed by atoms with Crippen molar-refractivity contribution < 1.29 is 0 Å². The monoisotopic (exact) mass is 201 g/mol. The van der Waals surface area contributed by atoms with Crippen molar-refractivity contribution >= 4 is 10.9 Å². The molecule has 1 unspecified atom stereocenters. The highest BCUT2D eigenvalue weighted by atomic mass is 15.3. The van der Waals surface area contributed by atoms with E-state index in [0.29, 0.717) is 6.04 Å². The Morgan fingerprint density at radius 3 is 3.20 bits per heavy atom. The summed E-state index contributed by atoms with van der Waals surface area (Å²) in [6.07, 6.45) is 3.16. The standard InChI is InChI=1S/C12H15N3/c1-9-2-3-12-10(6-9)7-14-15(12)11-4-5-13-8-11/h2-3,6-7,11,13H,4-5,8H2,1H3. The quantitative estimate of drug-likeness (QED) is 0.763. The second-order valence-electron chi connectivity index (χ2n) is 4.30. The van der Waals surface area contributed by atoms with Crippen LogP contribution in [0.4, 0.5) is 0 Å². The van der Waals surface area contributed by atoms with Crippen molar-refractivity contribution in [2.24, 2.45) is 0 Å². The van der Waals surface area contributed by atoms with Gasteiger partial charge in [-0.05, 0) is 32.0 Å². The summed E-state index contributed by atoms with van der Waals surface area (Å²) in [7, 11) is 0. The van der Waals surface area contributed by atoms with Crippen LogP contribution in [0.25, 0.3) is 10.9 Å². The first-order valence-electron chi connectivity index (χ1n) is 5.49. The van der Waals surface area contributed by atoms with E-state index in [1.807, 2.05) is 6.20 Å². The zero-order valence-electron chi connectivity index (χ0n) is 8.90. The Labute approximate surface area is 89.1 Å². The van der Waals surface area contributed by atoms with E-state index in [9.17, 15) is 0 Å². The molecule has 1 aliphatic heterocycles. The Morgan fingerprint density at radius 2 is 2.40 bits per heavy atom. The molecule has 0 bridgehead atoms. The van der Waals surface area contributed by atoms with Gasteiger partial charge in [-0.15, -0.1) is 0 Å². The molecule has 3 heteroatoms. The number of hydrogen-bond donors (Lipinski definition) is 1. The zero-order chi connectivity index (χ0) is 10.3. The first-order chi connectivity index (χ1) is 7.34. The van der Waals surface area contributed by atoms with Crippen LogP contribution in [0.5, 0.6) is 0 Å². The third-order valence-corrected chi connectivity index (χ3v) is 3.13. The second kappa shape index (κ2) is 3.35. The second-order valence-corrected chi connectivity index (χ2v) is 4.30. The molecule has 15 heavy (non-hydrogen) atoms. The van der Waals surface area contributed by atoms with Crippen LogP contribution in [0.1, 0.15) is 18.0 Å². The highest BCUT2D eigenvalue weighted by Crippen LogP contribution is 2.22. The Balaban J connectivity index is 2.11. The Kier molecular flexibility index (Phi) is 1.99. The lowest BCUT2D eigenvalue weighted by Crippen LogP contribution is -2.14. The van der Waals surface area contributed by atoms with Crippen molar-refractivity contribution in [1.82, 2.24) is 15.1 Å². The fourth-order valence-electron chi connectivity index (χ4n) is 2.31. The first-order valence-corrected chi connectivity index (χ1v) is 5.49. The summed E-state index contributed by atoms with van der Waals surface area (Å²) in [5.41, 5.74) is 2.56. The summed E-state index contributed by atoms with van der Waals surface area (Å²) in [4.78, 5) is 0. The van der Waals surface area contributed by atoms with E-state index in [1.165, 1.54) is 22.9 Å². The smallest absolute Gasteiger partial charge is 0.0686 e. The first kappa shape index (κ1) is 8.92. The van der Waals surface area contributed by atoms with E-state index >= 15 is 0 Å². The normalized spacial score (nSPS) is 21.3. The Morgan fingerprint density at radius 1 is 1.47 bits per heavy atom. The molecule has 0 aliphatic carbocycles. The van der Waals surface area contributed by atoms with Crippen molar-refractivity contribution in [3.63, 3.8) is 0 Å².